The van der Waals surface area contributed by atoms with Gasteiger partial charge in [-0.2, -0.15) is 0 Å². The zero-order chi connectivity index (χ0) is 18.5. The van der Waals surface area contributed by atoms with Gasteiger partial charge in [-0.3, -0.25) is 4.79 Å². The molecular weight excluding hydrogens is 350 g/mol. The third-order valence-corrected chi connectivity index (χ3v) is 7.40. The minimum Gasteiger partial charge on any atom is -0.311 e. The maximum atomic E-state index is 13.5. The van der Waals surface area contributed by atoms with Crippen LogP contribution in [0.5, 0.6) is 0 Å². The van der Waals surface area contributed by atoms with Gasteiger partial charge in [-0.05, 0) is 38.2 Å². The predicted molar refractivity (Wildman–Crippen MR) is 101 cm³/mol. The number of aromatic nitrogens is 2. The molecule has 4 rings (SSSR count). The number of hydrogen-bond donors (Lipinski definition) is 1. The van der Waals surface area contributed by atoms with Crippen LogP contribution in [0, 0.1) is 5.92 Å². The fourth-order valence-electron chi connectivity index (χ4n) is 3.50. The summed E-state index contributed by atoms with van der Waals surface area (Å²) in [5.74, 6) is 0.619. The molecular formula is C19H21N3O3S. The van der Waals surface area contributed by atoms with Gasteiger partial charge in [0.1, 0.15) is 10.6 Å². The van der Waals surface area contributed by atoms with Crippen molar-refractivity contribution in [1.82, 2.24) is 8.96 Å². The number of anilines is 1. The smallest absolute Gasteiger partial charge is 0.248 e. The van der Waals surface area contributed by atoms with Crippen molar-refractivity contribution in [2.75, 3.05) is 5.32 Å². The highest BCUT2D eigenvalue weighted by atomic mass is 32.2. The van der Waals surface area contributed by atoms with Crippen LogP contribution in [-0.2, 0) is 14.8 Å². The van der Waals surface area contributed by atoms with Gasteiger partial charge in [-0.15, -0.1) is 0 Å². The van der Waals surface area contributed by atoms with Crippen molar-refractivity contribution in [1.29, 1.82) is 0 Å². The van der Waals surface area contributed by atoms with E-state index < -0.39 is 14.8 Å². The van der Waals surface area contributed by atoms with Gasteiger partial charge in [0.2, 0.25) is 15.9 Å². The number of pyridine rings is 1. The fourth-order valence-corrected chi connectivity index (χ4v) is 5.18. The number of allylic oxidation sites excluding steroid dienone is 3. The number of carbonyl (C=O) groups is 1. The zero-order valence-corrected chi connectivity index (χ0v) is 15.6. The lowest BCUT2D eigenvalue weighted by Crippen LogP contribution is -2.39. The SMILES string of the molecule is CC(=O)Nc1cc2c(ccn2S(=O)(=O)C2(C)C=CC=C(C3CC3)C2)cn1. The summed E-state index contributed by atoms with van der Waals surface area (Å²) in [6.07, 6.45) is 11.6. The topological polar surface area (TPSA) is 81.1 Å². The van der Waals surface area contributed by atoms with Crippen molar-refractivity contribution in [2.45, 2.75) is 37.9 Å². The minimum absolute atomic E-state index is 0.251. The van der Waals surface area contributed by atoms with E-state index in [1.54, 1.807) is 37.5 Å². The summed E-state index contributed by atoms with van der Waals surface area (Å²) >= 11 is 0. The molecule has 1 saturated carbocycles. The average molecular weight is 371 g/mol. The number of carbonyl (C=O) groups excluding carboxylic acids is 1. The van der Waals surface area contributed by atoms with Crippen molar-refractivity contribution in [3.8, 4) is 0 Å². The Morgan fingerprint density at radius 3 is 2.85 bits per heavy atom. The Kier molecular flexibility index (Phi) is 3.80. The Balaban J connectivity index is 1.77. The van der Waals surface area contributed by atoms with Crippen LogP contribution in [0.4, 0.5) is 5.82 Å². The number of nitrogens with zero attached hydrogens (tertiary/aromatic N) is 2. The molecule has 0 radical (unpaired) electrons. The van der Waals surface area contributed by atoms with Gasteiger partial charge in [0.25, 0.3) is 0 Å². The largest absolute Gasteiger partial charge is 0.311 e. The zero-order valence-electron chi connectivity index (χ0n) is 14.8. The molecule has 2 aromatic heterocycles. The van der Waals surface area contributed by atoms with Crippen molar-refractivity contribution >= 4 is 32.7 Å². The molecule has 0 aromatic carbocycles. The molecule has 1 N–H and O–H groups in total. The molecule has 136 valence electrons. The van der Waals surface area contributed by atoms with Crippen molar-refractivity contribution in [2.24, 2.45) is 5.92 Å². The van der Waals surface area contributed by atoms with Crippen LogP contribution >= 0.6 is 0 Å². The van der Waals surface area contributed by atoms with Gasteiger partial charge in [0.05, 0.1) is 5.52 Å². The summed E-state index contributed by atoms with van der Waals surface area (Å²) in [6, 6.07) is 3.33. The Morgan fingerprint density at radius 1 is 1.38 bits per heavy atom. The van der Waals surface area contributed by atoms with Crippen LogP contribution in [-0.4, -0.2) is 28.0 Å². The molecule has 1 amide bonds. The molecule has 7 heteroatoms. The highest BCUT2D eigenvalue weighted by molar-refractivity contribution is 7.91. The van der Waals surface area contributed by atoms with E-state index in [0.717, 1.165) is 12.8 Å². The second-order valence-corrected chi connectivity index (χ2v) is 9.57. The van der Waals surface area contributed by atoms with E-state index >= 15 is 0 Å². The maximum Gasteiger partial charge on any atom is 0.248 e. The van der Waals surface area contributed by atoms with Gasteiger partial charge in [-0.1, -0.05) is 23.8 Å². The molecule has 26 heavy (non-hydrogen) atoms. The monoisotopic (exact) mass is 371 g/mol. The highest BCUT2D eigenvalue weighted by Gasteiger charge is 2.43. The lowest BCUT2D eigenvalue weighted by atomic mass is 9.92. The molecule has 0 saturated heterocycles. The third kappa shape index (κ3) is 2.76. The molecule has 2 aliphatic carbocycles. The molecule has 1 unspecified atom stereocenters. The lowest BCUT2D eigenvalue weighted by Gasteiger charge is -2.30. The van der Waals surface area contributed by atoms with E-state index in [9.17, 15) is 13.2 Å². The summed E-state index contributed by atoms with van der Waals surface area (Å²) in [5.41, 5.74) is 1.73. The summed E-state index contributed by atoms with van der Waals surface area (Å²) in [7, 11) is -3.68. The van der Waals surface area contributed by atoms with Gasteiger partial charge in [0.15, 0.2) is 0 Å². The van der Waals surface area contributed by atoms with Crippen LogP contribution in [0.15, 0.2) is 48.3 Å². The number of fused-ring (bicyclic) bond motifs is 1. The highest BCUT2D eigenvalue weighted by Crippen LogP contribution is 2.44. The van der Waals surface area contributed by atoms with Gasteiger partial charge < -0.3 is 5.32 Å². The van der Waals surface area contributed by atoms with Crippen molar-refractivity contribution in [3.63, 3.8) is 0 Å². The normalized spacial score (nSPS) is 23.1. The number of rotatable bonds is 4. The molecule has 1 atom stereocenters. The molecule has 2 aromatic rings. The first-order chi connectivity index (χ1) is 12.3. The van der Waals surface area contributed by atoms with E-state index in [0.29, 0.717) is 29.1 Å². The first-order valence-electron chi connectivity index (χ1n) is 8.68. The first kappa shape index (κ1) is 17.0. The van der Waals surface area contributed by atoms with E-state index in [1.807, 2.05) is 6.08 Å². The summed E-state index contributed by atoms with van der Waals surface area (Å²) in [6.45, 7) is 3.16. The second-order valence-electron chi connectivity index (χ2n) is 7.29. The third-order valence-electron chi connectivity index (χ3n) is 5.11. The van der Waals surface area contributed by atoms with Crippen molar-refractivity contribution < 1.29 is 13.2 Å². The number of hydrogen-bond acceptors (Lipinski definition) is 4. The van der Waals surface area contributed by atoms with E-state index in [4.69, 9.17) is 0 Å². The van der Waals surface area contributed by atoms with E-state index in [1.165, 1.54) is 16.5 Å². The molecule has 0 aliphatic heterocycles. The molecule has 0 spiro atoms. The van der Waals surface area contributed by atoms with Gasteiger partial charge >= 0.3 is 0 Å². The van der Waals surface area contributed by atoms with E-state index in [-0.39, 0.29) is 5.91 Å². The molecule has 0 bridgehead atoms. The fraction of sp³-hybridized carbons (Fsp3) is 0.368. The first-order valence-corrected chi connectivity index (χ1v) is 10.1. The van der Waals surface area contributed by atoms with Crippen molar-refractivity contribution in [3.05, 3.63) is 48.3 Å². The Hall–Kier alpha value is -2.41. The molecule has 6 nitrogen and oxygen atoms in total. The van der Waals surface area contributed by atoms with Crippen LogP contribution in [0.25, 0.3) is 10.9 Å². The summed E-state index contributed by atoms with van der Waals surface area (Å²) in [5, 5.41) is 3.32. The average Bonchev–Trinajstić information content (AvgIpc) is 3.34. The molecule has 2 aliphatic rings. The number of amides is 1. The lowest BCUT2D eigenvalue weighted by molar-refractivity contribution is -0.114. The van der Waals surface area contributed by atoms with E-state index in [2.05, 4.69) is 16.4 Å². The summed E-state index contributed by atoms with van der Waals surface area (Å²) in [4.78, 5) is 15.4. The van der Waals surface area contributed by atoms with Crippen LogP contribution in [0.3, 0.4) is 0 Å². The Bertz CT molecular complexity index is 1060. The Morgan fingerprint density at radius 2 is 2.15 bits per heavy atom. The van der Waals surface area contributed by atoms with Crippen LogP contribution in [0.1, 0.15) is 33.1 Å². The van der Waals surface area contributed by atoms with Crippen LogP contribution < -0.4 is 5.32 Å². The second kappa shape index (κ2) is 5.81. The van der Waals surface area contributed by atoms with Crippen LogP contribution in [0.2, 0.25) is 0 Å². The quantitative estimate of drug-likeness (QED) is 0.895. The number of nitrogens with one attached hydrogen (secondary N) is 1. The molecule has 1 fully saturated rings. The summed E-state index contributed by atoms with van der Waals surface area (Å²) < 4.78 is 27.3. The maximum absolute atomic E-state index is 13.5. The van der Waals surface area contributed by atoms with Gasteiger partial charge in [-0.25, -0.2) is 17.4 Å². The standard InChI is InChI=1S/C19H21N3O3S/c1-13(23)21-18-10-17-16(12-20-18)7-9-22(17)26(24,25)19(2)8-3-4-15(11-19)14-5-6-14/h3-4,7-10,12,14H,5-6,11H2,1-2H3,(H,20,21,23). The van der Waals surface area contributed by atoms with Gasteiger partial charge in [0, 0.05) is 30.8 Å². The minimum atomic E-state index is -3.68. The molecule has 2 heterocycles. The predicted octanol–water partition coefficient (Wildman–Crippen LogP) is 3.23. The Labute approximate surface area is 152 Å².